The molecule has 0 saturated carbocycles. The van der Waals surface area contributed by atoms with Gasteiger partial charge in [-0.2, -0.15) is 0 Å². The van der Waals surface area contributed by atoms with Gasteiger partial charge in [0, 0.05) is 19.6 Å². The van der Waals surface area contributed by atoms with Gasteiger partial charge in [0.25, 0.3) is 0 Å². The predicted octanol–water partition coefficient (Wildman–Crippen LogP) is 1.79. The number of unbranched alkanes of at least 4 members (excludes halogenated alkanes) is 4. The first-order chi connectivity index (χ1) is 6.93. The van der Waals surface area contributed by atoms with E-state index in [1.54, 1.807) is 0 Å². The highest BCUT2D eigenvalue weighted by Crippen LogP contribution is 2.01. The Morgan fingerprint density at radius 3 is 2.50 bits per heavy atom. The summed E-state index contributed by atoms with van der Waals surface area (Å²) in [6, 6.07) is 0. The van der Waals surface area contributed by atoms with Gasteiger partial charge in [0.2, 0.25) is 0 Å². The van der Waals surface area contributed by atoms with Crippen molar-refractivity contribution in [2.45, 2.75) is 39.0 Å². The number of hydrogen-bond acceptors (Lipinski definition) is 3. The van der Waals surface area contributed by atoms with Gasteiger partial charge >= 0.3 is 0 Å². The van der Waals surface area contributed by atoms with E-state index in [2.05, 4.69) is 17.4 Å². The molecule has 0 aromatic carbocycles. The third-order valence-electron chi connectivity index (χ3n) is 2.63. The molecule has 1 heterocycles. The number of ether oxygens (including phenoxy) is 1. The zero-order valence-electron chi connectivity index (χ0n) is 9.43. The number of nitrogens with one attached hydrogen (secondary N) is 1. The molecule has 0 aromatic rings. The molecule has 1 fully saturated rings. The predicted molar refractivity (Wildman–Crippen MR) is 59.2 cm³/mol. The summed E-state index contributed by atoms with van der Waals surface area (Å²) in [5, 5.41) is 2.28. The van der Waals surface area contributed by atoms with Gasteiger partial charge in [-0.15, -0.1) is 0 Å². The molecule has 1 N–H and O–H groups in total. The van der Waals surface area contributed by atoms with Crippen LogP contribution in [0.1, 0.15) is 39.0 Å². The average Bonchev–Trinajstić information content (AvgIpc) is 2.25. The van der Waals surface area contributed by atoms with Gasteiger partial charge in [-0.3, -0.25) is 5.43 Å². The summed E-state index contributed by atoms with van der Waals surface area (Å²) in [5.74, 6) is 0. The zero-order valence-corrected chi connectivity index (χ0v) is 9.43. The third-order valence-corrected chi connectivity index (χ3v) is 2.63. The van der Waals surface area contributed by atoms with E-state index >= 15 is 0 Å². The van der Waals surface area contributed by atoms with E-state index in [4.69, 9.17) is 4.74 Å². The maximum Gasteiger partial charge on any atom is 0.0608 e. The lowest BCUT2D eigenvalue weighted by Gasteiger charge is -2.27. The molecule has 0 radical (unpaired) electrons. The van der Waals surface area contributed by atoms with Gasteiger partial charge in [-0.05, 0) is 6.42 Å². The first kappa shape index (κ1) is 12.0. The minimum atomic E-state index is 0.878. The third kappa shape index (κ3) is 5.58. The Balaban J connectivity index is 1.82. The molecule has 0 amide bonds. The molecule has 1 saturated heterocycles. The van der Waals surface area contributed by atoms with Crippen molar-refractivity contribution in [1.29, 1.82) is 0 Å². The standard InChI is InChI=1S/C11H24N2O/c1-2-3-4-5-6-7-12-13-8-10-14-11-9-13/h12H,2-11H2,1H3. The Morgan fingerprint density at radius 1 is 1.07 bits per heavy atom. The Labute approximate surface area is 87.8 Å². The zero-order chi connectivity index (χ0) is 10.1. The molecular formula is C11H24N2O. The molecule has 0 bridgehead atoms. The lowest BCUT2D eigenvalue weighted by molar-refractivity contribution is 0.0118. The van der Waals surface area contributed by atoms with Crippen molar-refractivity contribution in [3.05, 3.63) is 0 Å². The molecule has 0 atom stereocenters. The van der Waals surface area contributed by atoms with Gasteiger partial charge in [0.05, 0.1) is 13.2 Å². The lowest BCUT2D eigenvalue weighted by atomic mass is 10.2. The largest absolute Gasteiger partial charge is 0.379 e. The van der Waals surface area contributed by atoms with Gasteiger partial charge in [-0.25, -0.2) is 5.01 Å². The second-order valence-electron chi connectivity index (χ2n) is 3.92. The van der Waals surface area contributed by atoms with E-state index in [0.717, 1.165) is 32.8 Å². The summed E-state index contributed by atoms with van der Waals surface area (Å²) in [6.07, 6.45) is 6.78. The molecule has 0 unspecified atom stereocenters. The Hall–Kier alpha value is -0.120. The fraction of sp³-hybridized carbons (Fsp3) is 1.00. The highest BCUT2D eigenvalue weighted by atomic mass is 16.5. The van der Waals surface area contributed by atoms with E-state index < -0.39 is 0 Å². The van der Waals surface area contributed by atoms with Gasteiger partial charge < -0.3 is 4.74 Å². The number of morpholine rings is 1. The smallest absolute Gasteiger partial charge is 0.0608 e. The average molecular weight is 200 g/mol. The Kier molecular flexibility index (Phi) is 7.01. The molecule has 0 aliphatic carbocycles. The van der Waals surface area contributed by atoms with Crippen LogP contribution in [0.25, 0.3) is 0 Å². The summed E-state index contributed by atoms with van der Waals surface area (Å²) in [7, 11) is 0. The van der Waals surface area contributed by atoms with Crippen LogP contribution in [0.4, 0.5) is 0 Å². The lowest BCUT2D eigenvalue weighted by Crippen LogP contribution is -2.45. The van der Waals surface area contributed by atoms with E-state index in [1.807, 2.05) is 0 Å². The Bertz CT molecular complexity index is 124. The van der Waals surface area contributed by atoms with Gasteiger partial charge in [-0.1, -0.05) is 32.6 Å². The molecule has 0 aromatic heterocycles. The van der Waals surface area contributed by atoms with Crippen LogP contribution in [0, 0.1) is 0 Å². The molecule has 1 aliphatic rings. The molecule has 0 spiro atoms. The van der Waals surface area contributed by atoms with Crippen molar-refractivity contribution in [2.24, 2.45) is 0 Å². The van der Waals surface area contributed by atoms with E-state index in [0.29, 0.717) is 0 Å². The van der Waals surface area contributed by atoms with Crippen molar-refractivity contribution < 1.29 is 4.74 Å². The fourth-order valence-corrected chi connectivity index (χ4v) is 1.69. The van der Waals surface area contributed by atoms with Crippen molar-refractivity contribution >= 4 is 0 Å². The molecule has 14 heavy (non-hydrogen) atoms. The van der Waals surface area contributed by atoms with Crippen LogP contribution in [-0.4, -0.2) is 37.9 Å². The van der Waals surface area contributed by atoms with Crippen LogP contribution in [0.3, 0.4) is 0 Å². The number of hydrogen-bond donors (Lipinski definition) is 1. The second kappa shape index (κ2) is 8.21. The number of rotatable bonds is 7. The fourth-order valence-electron chi connectivity index (χ4n) is 1.69. The summed E-state index contributed by atoms with van der Waals surface area (Å²) in [4.78, 5) is 0. The summed E-state index contributed by atoms with van der Waals surface area (Å²) in [6.45, 7) is 7.21. The highest BCUT2D eigenvalue weighted by Gasteiger charge is 2.08. The molecular weight excluding hydrogens is 176 g/mol. The molecule has 84 valence electrons. The van der Waals surface area contributed by atoms with Crippen LogP contribution in [0.15, 0.2) is 0 Å². The maximum atomic E-state index is 5.28. The van der Waals surface area contributed by atoms with Gasteiger partial charge in [0.15, 0.2) is 0 Å². The topological polar surface area (TPSA) is 24.5 Å². The normalized spacial score (nSPS) is 18.6. The minimum absolute atomic E-state index is 0.878. The summed E-state index contributed by atoms with van der Waals surface area (Å²) < 4.78 is 5.28. The quantitative estimate of drug-likeness (QED) is 0.634. The van der Waals surface area contributed by atoms with E-state index in [9.17, 15) is 0 Å². The summed E-state index contributed by atoms with van der Waals surface area (Å²) >= 11 is 0. The first-order valence-corrected chi connectivity index (χ1v) is 5.99. The molecule has 3 nitrogen and oxygen atoms in total. The SMILES string of the molecule is CCCCCCCNN1CCOCC1. The van der Waals surface area contributed by atoms with Crippen LogP contribution in [0.5, 0.6) is 0 Å². The second-order valence-corrected chi connectivity index (χ2v) is 3.92. The van der Waals surface area contributed by atoms with Crippen molar-refractivity contribution in [3.63, 3.8) is 0 Å². The highest BCUT2D eigenvalue weighted by molar-refractivity contribution is 4.57. The van der Waals surface area contributed by atoms with Gasteiger partial charge in [0.1, 0.15) is 0 Å². The first-order valence-electron chi connectivity index (χ1n) is 5.99. The van der Waals surface area contributed by atoms with Crippen LogP contribution in [0.2, 0.25) is 0 Å². The van der Waals surface area contributed by atoms with E-state index in [1.165, 1.54) is 32.1 Å². The monoisotopic (exact) mass is 200 g/mol. The minimum Gasteiger partial charge on any atom is -0.379 e. The molecule has 1 rings (SSSR count). The number of hydrazine groups is 1. The number of nitrogens with zero attached hydrogens (tertiary/aromatic N) is 1. The van der Waals surface area contributed by atoms with Crippen molar-refractivity contribution in [3.8, 4) is 0 Å². The van der Waals surface area contributed by atoms with Crippen molar-refractivity contribution in [1.82, 2.24) is 10.4 Å². The van der Waals surface area contributed by atoms with Crippen LogP contribution in [-0.2, 0) is 4.74 Å². The van der Waals surface area contributed by atoms with Crippen LogP contribution < -0.4 is 5.43 Å². The van der Waals surface area contributed by atoms with Crippen LogP contribution >= 0.6 is 0 Å². The van der Waals surface area contributed by atoms with Crippen molar-refractivity contribution in [2.75, 3.05) is 32.8 Å². The molecule has 1 aliphatic heterocycles. The molecule has 3 heteroatoms. The maximum absolute atomic E-state index is 5.28. The summed E-state index contributed by atoms with van der Waals surface area (Å²) in [5.41, 5.74) is 3.45. The van der Waals surface area contributed by atoms with E-state index in [-0.39, 0.29) is 0 Å². The Morgan fingerprint density at radius 2 is 1.79 bits per heavy atom.